The second-order valence-electron chi connectivity index (χ2n) is 6.00. The van der Waals surface area contributed by atoms with E-state index in [-0.39, 0.29) is 0 Å². The molecule has 1 aliphatic heterocycles. The first-order valence-corrected chi connectivity index (χ1v) is 8.24. The summed E-state index contributed by atoms with van der Waals surface area (Å²) in [6, 6.07) is 12.2. The molecule has 2 heterocycles. The van der Waals surface area contributed by atoms with Crippen LogP contribution in [0.25, 0.3) is 6.08 Å². The van der Waals surface area contributed by atoms with E-state index in [1.54, 1.807) is 0 Å². The van der Waals surface area contributed by atoms with Crippen molar-refractivity contribution in [2.75, 3.05) is 37.6 Å². The summed E-state index contributed by atoms with van der Waals surface area (Å²) < 4.78 is 38.4. The minimum absolute atomic E-state index is 0.398. The summed E-state index contributed by atoms with van der Waals surface area (Å²) in [6.07, 6.45) is 1.10. The highest BCUT2D eigenvalue weighted by Crippen LogP contribution is 2.30. The quantitative estimate of drug-likeness (QED) is 0.835. The van der Waals surface area contributed by atoms with Crippen LogP contribution >= 0.6 is 0 Å². The zero-order chi connectivity index (χ0) is 17.7. The molecule has 1 aliphatic rings. The summed E-state index contributed by atoms with van der Waals surface area (Å²) in [5.74, 6) is 0.398. The Labute approximate surface area is 145 Å². The van der Waals surface area contributed by atoms with Crippen molar-refractivity contribution in [2.24, 2.45) is 0 Å². The largest absolute Gasteiger partial charge is 0.416 e. The van der Waals surface area contributed by atoms with Gasteiger partial charge in [0, 0.05) is 38.9 Å². The summed E-state index contributed by atoms with van der Waals surface area (Å²) in [4.78, 5) is 8.29. The van der Waals surface area contributed by atoms with E-state index in [0.29, 0.717) is 18.9 Å². The van der Waals surface area contributed by atoms with E-state index in [9.17, 15) is 13.2 Å². The Morgan fingerprint density at radius 1 is 1.00 bits per heavy atom. The summed E-state index contributed by atoms with van der Waals surface area (Å²) in [5, 5.41) is 0. The van der Waals surface area contributed by atoms with Crippen LogP contribution in [0.4, 0.5) is 19.0 Å². The molecular formula is C19H20F3N3. The Balaban J connectivity index is 1.53. The van der Waals surface area contributed by atoms with E-state index in [1.165, 1.54) is 6.20 Å². The van der Waals surface area contributed by atoms with Gasteiger partial charge in [0.25, 0.3) is 0 Å². The van der Waals surface area contributed by atoms with E-state index in [4.69, 9.17) is 0 Å². The number of hydrogen-bond donors (Lipinski definition) is 0. The second kappa shape index (κ2) is 7.70. The molecule has 3 rings (SSSR count). The van der Waals surface area contributed by atoms with Gasteiger partial charge in [-0.15, -0.1) is 0 Å². The highest BCUT2D eigenvalue weighted by atomic mass is 19.4. The molecule has 0 saturated carbocycles. The van der Waals surface area contributed by atoms with Crippen LogP contribution in [0.2, 0.25) is 0 Å². The molecule has 0 aliphatic carbocycles. The minimum Gasteiger partial charge on any atom is -0.354 e. The first-order valence-electron chi connectivity index (χ1n) is 8.24. The number of alkyl halides is 3. The van der Waals surface area contributed by atoms with Crippen molar-refractivity contribution in [3.63, 3.8) is 0 Å². The number of halogens is 3. The zero-order valence-corrected chi connectivity index (χ0v) is 13.8. The number of piperazine rings is 1. The number of rotatable bonds is 4. The summed E-state index contributed by atoms with van der Waals surface area (Å²) >= 11 is 0. The Hall–Kier alpha value is -2.34. The SMILES string of the molecule is FC(F)(F)c1ccnc(N2CCN(C/C=C/c3ccccc3)CC2)c1. The molecule has 3 nitrogen and oxygen atoms in total. The van der Waals surface area contributed by atoms with E-state index in [2.05, 4.69) is 22.0 Å². The van der Waals surface area contributed by atoms with Crippen LogP contribution in [0.1, 0.15) is 11.1 Å². The lowest BCUT2D eigenvalue weighted by Crippen LogP contribution is -2.46. The average Bonchev–Trinajstić information content (AvgIpc) is 2.63. The highest BCUT2D eigenvalue weighted by molar-refractivity contribution is 5.48. The first kappa shape index (κ1) is 17.5. The maximum atomic E-state index is 12.8. The molecule has 0 amide bonds. The van der Waals surface area contributed by atoms with Crippen molar-refractivity contribution in [2.45, 2.75) is 6.18 Å². The highest BCUT2D eigenvalue weighted by Gasteiger charge is 2.31. The number of anilines is 1. The molecule has 1 aromatic carbocycles. The maximum absolute atomic E-state index is 12.8. The topological polar surface area (TPSA) is 19.4 Å². The van der Waals surface area contributed by atoms with Crippen molar-refractivity contribution in [1.82, 2.24) is 9.88 Å². The number of pyridine rings is 1. The molecule has 0 radical (unpaired) electrons. The van der Waals surface area contributed by atoms with E-state index in [0.717, 1.165) is 37.3 Å². The molecule has 1 aromatic heterocycles. The van der Waals surface area contributed by atoms with Crippen LogP contribution < -0.4 is 4.90 Å². The average molecular weight is 347 g/mol. The van der Waals surface area contributed by atoms with E-state index < -0.39 is 11.7 Å². The van der Waals surface area contributed by atoms with Crippen LogP contribution in [0.15, 0.2) is 54.7 Å². The van der Waals surface area contributed by atoms with Gasteiger partial charge in [0.15, 0.2) is 0 Å². The molecule has 132 valence electrons. The molecule has 0 bridgehead atoms. The van der Waals surface area contributed by atoms with Crippen LogP contribution in [0, 0.1) is 0 Å². The van der Waals surface area contributed by atoms with Crippen molar-refractivity contribution >= 4 is 11.9 Å². The molecule has 0 spiro atoms. The smallest absolute Gasteiger partial charge is 0.354 e. The molecule has 0 atom stereocenters. The van der Waals surface area contributed by atoms with Crippen LogP contribution in [-0.4, -0.2) is 42.6 Å². The standard InChI is InChI=1S/C19H20F3N3/c20-19(21,22)17-8-9-23-18(15-17)25-13-11-24(12-14-25)10-4-7-16-5-2-1-3-6-16/h1-9,15H,10-14H2/b7-4+. The van der Waals surface area contributed by atoms with Gasteiger partial charge in [0.1, 0.15) is 5.82 Å². The normalized spacial score (nSPS) is 16.5. The summed E-state index contributed by atoms with van der Waals surface area (Å²) in [6.45, 7) is 3.79. The molecular weight excluding hydrogens is 327 g/mol. The predicted molar refractivity (Wildman–Crippen MR) is 93.4 cm³/mol. The lowest BCUT2D eigenvalue weighted by Gasteiger charge is -2.35. The van der Waals surface area contributed by atoms with Crippen LogP contribution in [0.5, 0.6) is 0 Å². The number of aromatic nitrogens is 1. The van der Waals surface area contributed by atoms with Gasteiger partial charge in [-0.1, -0.05) is 42.5 Å². The monoisotopic (exact) mass is 347 g/mol. The van der Waals surface area contributed by atoms with Gasteiger partial charge in [0.2, 0.25) is 0 Å². The van der Waals surface area contributed by atoms with Crippen LogP contribution in [0.3, 0.4) is 0 Å². The first-order chi connectivity index (χ1) is 12.0. The number of benzene rings is 1. The van der Waals surface area contributed by atoms with Gasteiger partial charge in [-0.3, -0.25) is 4.90 Å². The lowest BCUT2D eigenvalue weighted by atomic mass is 10.2. The fourth-order valence-electron chi connectivity index (χ4n) is 2.83. The fraction of sp³-hybridized carbons (Fsp3) is 0.316. The molecule has 1 fully saturated rings. The molecule has 2 aromatic rings. The Bertz CT molecular complexity index is 705. The van der Waals surface area contributed by atoms with Gasteiger partial charge in [-0.2, -0.15) is 13.2 Å². The van der Waals surface area contributed by atoms with Gasteiger partial charge in [0.05, 0.1) is 5.56 Å². The van der Waals surface area contributed by atoms with Gasteiger partial charge < -0.3 is 4.90 Å². The number of nitrogens with zero attached hydrogens (tertiary/aromatic N) is 3. The summed E-state index contributed by atoms with van der Waals surface area (Å²) in [5.41, 5.74) is 0.514. The molecule has 1 saturated heterocycles. The third-order valence-electron chi connectivity index (χ3n) is 4.24. The second-order valence-corrected chi connectivity index (χ2v) is 6.00. The van der Waals surface area contributed by atoms with Crippen LogP contribution in [-0.2, 0) is 6.18 Å². The van der Waals surface area contributed by atoms with E-state index >= 15 is 0 Å². The minimum atomic E-state index is -4.33. The lowest BCUT2D eigenvalue weighted by molar-refractivity contribution is -0.137. The Morgan fingerprint density at radius 3 is 2.40 bits per heavy atom. The summed E-state index contributed by atoms with van der Waals surface area (Å²) in [7, 11) is 0. The van der Waals surface area contributed by atoms with Crippen molar-refractivity contribution in [3.8, 4) is 0 Å². The molecule has 0 unspecified atom stereocenters. The predicted octanol–water partition coefficient (Wildman–Crippen LogP) is 3.94. The van der Waals surface area contributed by atoms with Crippen molar-refractivity contribution in [3.05, 3.63) is 65.9 Å². The van der Waals surface area contributed by atoms with Crippen molar-refractivity contribution in [1.29, 1.82) is 0 Å². The van der Waals surface area contributed by atoms with E-state index in [1.807, 2.05) is 35.2 Å². The zero-order valence-electron chi connectivity index (χ0n) is 13.8. The Kier molecular flexibility index (Phi) is 5.38. The fourth-order valence-corrected chi connectivity index (χ4v) is 2.83. The van der Waals surface area contributed by atoms with Gasteiger partial charge in [-0.25, -0.2) is 4.98 Å². The molecule has 0 N–H and O–H groups in total. The Morgan fingerprint density at radius 2 is 1.72 bits per heavy atom. The van der Waals surface area contributed by atoms with Crippen molar-refractivity contribution < 1.29 is 13.2 Å². The number of hydrogen-bond acceptors (Lipinski definition) is 3. The molecule has 6 heteroatoms. The third-order valence-corrected chi connectivity index (χ3v) is 4.24. The van der Waals surface area contributed by atoms with Gasteiger partial charge in [-0.05, 0) is 17.7 Å². The molecule has 25 heavy (non-hydrogen) atoms. The third kappa shape index (κ3) is 4.82. The maximum Gasteiger partial charge on any atom is 0.416 e. The van der Waals surface area contributed by atoms with Gasteiger partial charge >= 0.3 is 6.18 Å².